The summed E-state index contributed by atoms with van der Waals surface area (Å²) in [6.45, 7) is 2.27. The summed E-state index contributed by atoms with van der Waals surface area (Å²) in [7, 11) is 0. The Morgan fingerprint density at radius 3 is 2.76 bits per heavy atom. The molecule has 0 spiro atoms. The minimum absolute atomic E-state index is 0.289. The Kier molecular flexibility index (Phi) is 5.77. The maximum absolute atomic E-state index is 13.4. The SMILES string of the molecule is C[C@@]12C[C@@H](c3ccccc3O1)[C@H](C(N)=O)C(=O)N2CCCc1nc(Cc2ccc(Cl)cc2)no1. The van der Waals surface area contributed by atoms with Crippen molar-refractivity contribution in [2.45, 2.75) is 44.2 Å². The third kappa shape index (κ3) is 4.14. The number of nitrogens with two attached hydrogens (primary N) is 1. The highest BCUT2D eigenvalue weighted by atomic mass is 35.5. The molecule has 1 aromatic heterocycles. The fraction of sp³-hybridized carbons (Fsp3) is 0.360. The van der Waals surface area contributed by atoms with Gasteiger partial charge in [0.05, 0.1) is 0 Å². The molecule has 2 aromatic carbocycles. The van der Waals surface area contributed by atoms with E-state index in [1.807, 2.05) is 55.5 Å². The summed E-state index contributed by atoms with van der Waals surface area (Å²) in [5.41, 5.74) is 6.72. The van der Waals surface area contributed by atoms with Crippen molar-refractivity contribution in [2.75, 3.05) is 6.54 Å². The lowest BCUT2D eigenvalue weighted by Crippen LogP contribution is -2.64. The van der Waals surface area contributed by atoms with Gasteiger partial charge in [0.25, 0.3) is 0 Å². The Morgan fingerprint density at radius 1 is 1.24 bits per heavy atom. The molecule has 2 N–H and O–H groups in total. The fourth-order valence-electron chi connectivity index (χ4n) is 5.02. The first kappa shape index (κ1) is 22.4. The molecule has 1 fully saturated rings. The van der Waals surface area contributed by atoms with Crippen molar-refractivity contribution < 1.29 is 18.8 Å². The van der Waals surface area contributed by atoms with Crippen LogP contribution in [0.1, 0.15) is 48.5 Å². The minimum Gasteiger partial charge on any atom is -0.468 e. The number of carbonyl (C=O) groups is 2. The first-order valence-corrected chi connectivity index (χ1v) is 11.7. The maximum Gasteiger partial charge on any atom is 0.238 e. The molecule has 9 heteroatoms. The number of para-hydroxylation sites is 1. The van der Waals surface area contributed by atoms with E-state index in [0.29, 0.717) is 54.7 Å². The van der Waals surface area contributed by atoms with Gasteiger partial charge in [-0.15, -0.1) is 0 Å². The zero-order valence-corrected chi connectivity index (χ0v) is 19.5. The lowest BCUT2D eigenvalue weighted by atomic mass is 9.73. The Morgan fingerprint density at radius 2 is 2.00 bits per heavy atom. The molecule has 3 atom stereocenters. The van der Waals surface area contributed by atoms with E-state index in [1.165, 1.54) is 0 Å². The number of amides is 2. The Labute approximate surface area is 202 Å². The van der Waals surface area contributed by atoms with Crippen molar-refractivity contribution >= 4 is 23.4 Å². The number of hydrogen-bond acceptors (Lipinski definition) is 6. The van der Waals surface area contributed by atoms with Crippen LogP contribution in [0, 0.1) is 5.92 Å². The van der Waals surface area contributed by atoms with Gasteiger partial charge in [-0.3, -0.25) is 9.59 Å². The summed E-state index contributed by atoms with van der Waals surface area (Å²) >= 11 is 5.93. The van der Waals surface area contributed by atoms with E-state index in [2.05, 4.69) is 10.1 Å². The van der Waals surface area contributed by atoms with Crippen LogP contribution in [0.25, 0.3) is 0 Å². The molecule has 3 aromatic rings. The minimum atomic E-state index is -0.910. The van der Waals surface area contributed by atoms with Crippen LogP contribution in [0.2, 0.25) is 5.02 Å². The molecule has 0 aliphatic carbocycles. The van der Waals surface area contributed by atoms with Crippen LogP contribution < -0.4 is 10.5 Å². The molecule has 176 valence electrons. The average molecular weight is 481 g/mol. The maximum atomic E-state index is 13.4. The number of ether oxygens (including phenoxy) is 1. The van der Waals surface area contributed by atoms with Gasteiger partial charge < -0.3 is 19.9 Å². The van der Waals surface area contributed by atoms with Crippen LogP contribution in [0.15, 0.2) is 53.1 Å². The number of piperidine rings is 1. The van der Waals surface area contributed by atoms with Crippen molar-refractivity contribution in [1.29, 1.82) is 0 Å². The second kappa shape index (κ2) is 8.76. The lowest BCUT2D eigenvalue weighted by molar-refractivity contribution is -0.175. The number of aromatic nitrogens is 2. The summed E-state index contributed by atoms with van der Waals surface area (Å²) in [5.74, 6) is -0.332. The van der Waals surface area contributed by atoms with E-state index in [1.54, 1.807) is 4.90 Å². The molecule has 2 aliphatic rings. The molecule has 34 heavy (non-hydrogen) atoms. The number of fused-ring (bicyclic) bond motifs is 4. The van der Waals surface area contributed by atoms with Gasteiger partial charge in [0.1, 0.15) is 11.7 Å². The largest absolute Gasteiger partial charge is 0.468 e. The molecule has 5 rings (SSSR count). The fourth-order valence-corrected chi connectivity index (χ4v) is 5.14. The van der Waals surface area contributed by atoms with E-state index < -0.39 is 17.6 Å². The van der Waals surface area contributed by atoms with Gasteiger partial charge in [0.15, 0.2) is 11.5 Å². The van der Waals surface area contributed by atoms with Crippen LogP contribution in [-0.2, 0) is 22.4 Å². The zero-order valence-electron chi connectivity index (χ0n) is 18.7. The third-order valence-corrected chi connectivity index (χ3v) is 6.87. The van der Waals surface area contributed by atoms with E-state index >= 15 is 0 Å². The third-order valence-electron chi connectivity index (χ3n) is 6.62. The second-order valence-electron chi connectivity index (χ2n) is 9.01. The number of halogens is 1. The predicted molar refractivity (Wildman–Crippen MR) is 124 cm³/mol. The van der Waals surface area contributed by atoms with Gasteiger partial charge in [-0.1, -0.05) is 47.1 Å². The van der Waals surface area contributed by atoms with Crippen molar-refractivity contribution in [3.63, 3.8) is 0 Å². The van der Waals surface area contributed by atoms with Crippen LogP contribution in [-0.4, -0.2) is 39.1 Å². The number of hydrogen-bond donors (Lipinski definition) is 1. The summed E-state index contributed by atoms with van der Waals surface area (Å²) in [4.78, 5) is 31.7. The molecule has 1 saturated heterocycles. The normalized spacial score (nSPS) is 23.4. The summed E-state index contributed by atoms with van der Waals surface area (Å²) in [5, 5.41) is 4.73. The Hall–Kier alpha value is -3.39. The molecule has 0 radical (unpaired) electrons. The summed E-state index contributed by atoms with van der Waals surface area (Å²) < 4.78 is 11.7. The van der Waals surface area contributed by atoms with E-state index in [9.17, 15) is 9.59 Å². The first-order valence-electron chi connectivity index (χ1n) is 11.3. The van der Waals surface area contributed by atoms with Crippen LogP contribution in [0.4, 0.5) is 0 Å². The number of carbonyl (C=O) groups excluding carboxylic acids is 2. The molecule has 8 nitrogen and oxygen atoms in total. The van der Waals surface area contributed by atoms with Crippen molar-refractivity contribution in [2.24, 2.45) is 11.7 Å². The van der Waals surface area contributed by atoms with Gasteiger partial charge >= 0.3 is 0 Å². The van der Waals surface area contributed by atoms with E-state index in [0.717, 1.165) is 11.1 Å². The molecule has 3 heterocycles. The first-order chi connectivity index (χ1) is 16.3. The number of rotatable bonds is 7. The number of nitrogens with zero attached hydrogens (tertiary/aromatic N) is 3. The van der Waals surface area contributed by atoms with Crippen LogP contribution in [0.3, 0.4) is 0 Å². The highest BCUT2D eigenvalue weighted by Gasteiger charge is 2.55. The van der Waals surface area contributed by atoms with Crippen molar-refractivity contribution in [3.8, 4) is 5.75 Å². The number of aryl methyl sites for hydroxylation is 1. The Bertz CT molecular complexity index is 1230. The summed E-state index contributed by atoms with van der Waals surface area (Å²) in [6.07, 6.45) is 2.12. The van der Waals surface area contributed by atoms with Gasteiger partial charge in [-0.05, 0) is 42.7 Å². The number of likely N-dealkylation sites (tertiary alicyclic amines) is 1. The molecule has 2 bridgehead atoms. The highest BCUT2D eigenvalue weighted by molar-refractivity contribution is 6.30. The van der Waals surface area contributed by atoms with Gasteiger partial charge in [0.2, 0.25) is 17.7 Å². The average Bonchev–Trinajstić information content (AvgIpc) is 3.24. The second-order valence-corrected chi connectivity index (χ2v) is 9.44. The molecule has 0 saturated carbocycles. The highest BCUT2D eigenvalue weighted by Crippen LogP contribution is 2.50. The predicted octanol–water partition coefficient (Wildman–Crippen LogP) is 3.47. The molecule has 2 aliphatic heterocycles. The Balaban J connectivity index is 1.27. The molecular weight excluding hydrogens is 456 g/mol. The van der Waals surface area contributed by atoms with E-state index in [4.69, 9.17) is 26.6 Å². The topological polar surface area (TPSA) is 112 Å². The zero-order chi connectivity index (χ0) is 23.9. The number of primary amides is 1. The van der Waals surface area contributed by atoms with Gasteiger partial charge in [0, 0.05) is 36.7 Å². The van der Waals surface area contributed by atoms with Crippen molar-refractivity contribution in [3.05, 3.63) is 76.4 Å². The van der Waals surface area contributed by atoms with Crippen molar-refractivity contribution in [1.82, 2.24) is 15.0 Å². The van der Waals surface area contributed by atoms with Crippen LogP contribution in [0.5, 0.6) is 5.75 Å². The molecule has 0 unspecified atom stereocenters. The molecule has 2 amide bonds. The smallest absolute Gasteiger partial charge is 0.238 e. The number of benzene rings is 2. The standard InChI is InChI=1S/C25H25ClN4O4/c1-25-14-18(17-5-2-3-6-19(17)33-25)22(23(27)31)24(32)30(25)12-4-7-21-28-20(29-34-21)13-15-8-10-16(26)11-9-15/h2-3,5-6,8-11,18,22H,4,7,12-14H2,1H3,(H2,27,31)/t18-,22+,25-/m0/s1. The quantitative estimate of drug-likeness (QED) is 0.518. The van der Waals surface area contributed by atoms with Gasteiger partial charge in [-0.2, -0.15) is 4.98 Å². The van der Waals surface area contributed by atoms with E-state index in [-0.39, 0.29) is 11.8 Å². The monoisotopic (exact) mass is 480 g/mol. The van der Waals surface area contributed by atoms with Gasteiger partial charge in [-0.25, -0.2) is 0 Å². The van der Waals surface area contributed by atoms with Crippen LogP contribution >= 0.6 is 11.6 Å². The molecular formula is C25H25ClN4O4. The lowest BCUT2D eigenvalue weighted by Gasteiger charge is -2.52. The summed E-state index contributed by atoms with van der Waals surface area (Å²) in [6, 6.07) is 15.0.